The van der Waals surface area contributed by atoms with Crippen molar-refractivity contribution < 1.29 is 0 Å². The molecule has 0 aliphatic carbocycles. The van der Waals surface area contributed by atoms with E-state index >= 15 is 0 Å². The third kappa shape index (κ3) is 4.35. The van der Waals surface area contributed by atoms with Gasteiger partial charge in [0.1, 0.15) is 5.65 Å². The number of hydrogen-bond acceptors (Lipinski definition) is 4. The average Bonchev–Trinajstić information content (AvgIpc) is 2.55. The molecule has 0 spiro atoms. The van der Waals surface area contributed by atoms with Crippen molar-refractivity contribution in [2.75, 3.05) is 26.7 Å². The molecule has 1 N–H and O–H groups in total. The Hall–Kier alpha value is -1.43. The molecule has 6 heteroatoms. The van der Waals surface area contributed by atoms with E-state index in [0.29, 0.717) is 0 Å². The first-order valence-electron chi connectivity index (χ1n) is 8.52. The topological polar surface area (TPSA) is 49.6 Å². The minimum atomic E-state index is 0. The summed E-state index contributed by atoms with van der Waals surface area (Å²) in [5.41, 5.74) is 2.71. The van der Waals surface area contributed by atoms with E-state index in [1.807, 2.05) is 26.1 Å². The number of halogens is 1. The van der Waals surface area contributed by atoms with Gasteiger partial charge in [0.2, 0.25) is 0 Å². The molecule has 0 amide bonds. The second-order valence-electron chi connectivity index (χ2n) is 6.58. The van der Waals surface area contributed by atoms with Crippen LogP contribution in [0.25, 0.3) is 5.65 Å². The molecule has 3 heterocycles. The highest BCUT2D eigenvalue weighted by Crippen LogP contribution is 2.21. The van der Waals surface area contributed by atoms with Gasteiger partial charge in [-0.05, 0) is 70.4 Å². The summed E-state index contributed by atoms with van der Waals surface area (Å²) in [7, 11) is 2.01. The maximum atomic E-state index is 12.3. The molecule has 5 nitrogen and oxygen atoms in total. The SMILES string of the molecule is CNCCC1CCN(Cc2cc(=O)n3cccc(C)c3n2)CC1.Cl. The van der Waals surface area contributed by atoms with E-state index in [2.05, 4.69) is 10.2 Å². The van der Waals surface area contributed by atoms with Gasteiger partial charge >= 0.3 is 0 Å². The second-order valence-corrected chi connectivity index (χ2v) is 6.58. The lowest BCUT2D eigenvalue weighted by atomic mass is 9.93. The van der Waals surface area contributed by atoms with Crippen molar-refractivity contribution in [1.29, 1.82) is 0 Å². The Bertz CT molecular complexity index is 723. The smallest absolute Gasteiger partial charge is 0.258 e. The molecule has 1 saturated heterocycles. The van der Waals surface area contributed by atoms with Gasteiger partial charge in [-0.25, -0.2) is 4.98 Å². The minimum absolute atomic E-state index is 0. The van der Waals surface area contributed by atoms with Crippen LogP contribution in [0.2, 0.25) is 0 Å². The summed E-state index contributed by atoms with van der Waals surface area (Å²) < 4.78 is 1.63. The average molecular weight is 351 g/mol. The molecule has 132 valence electrons. The molecule has 3 rings (SSSR count). The molecule has 1 fully saturated rings. The Morgan fingerprint density at radius 3 is 2.79 bits per heavy atom. The van der Waals surface area contributed by atoms with Crippen LogP contribution < -0.4 is 10.9 Å². The first-order chi connectivity index (χ1) is 11.2. The number of aromatic nitrogens is 2. The molecule has 1 aliphatic heterocycles. The van der Waals surface area contributed by atoms with E-state index < -0.39 is 0 Å². The predicted octanol–water partition coefficient (Wildman–Crippen LogP) is 2.25. The van der Waals surface area contributed by atoms with Crippen LogP contribution in [0, 0.1) is 12.8 Å². The Balaban J connectivity index is 0.00000208. The summed E-state index contributed by atoms with van der Waals surface area (Å²) >= 11 is 0. The largest absolute Gasteiger partial charge is 0.320 e. The van der Waals surface area contributed by atoms with Crippen molar-refractivity contribution in [1.82, 2.24) is 19.6 Å². The highest BCUT2D eigenvalue weighted by atomic mass is 35.5. The standard InChI is InChI=1S/C18H26N4O.ClH/c1-14-4-3-9-22-17(23)12-16(20-18(14)22)13-21-10-6-15(7-11-21)5-8-19-2;/h3-4,9,12,15,19H,5-8,10-11,13H2,1-2H3;1H. The molecular weight excluding hydrogens is 324 g/mol. The lowest BCUT2D eigenvalue weighted by Crippen LogP contribution is -2.34. The van der Waals surface area contributed by atoms with E-state index in [-0.39, 0.29) is 18.0 Å². The highest BCUT2D eigenvalue weighted by Gasteiger charge is 2.19. The van der Waals surface area contributed by atoms with E-state index in [4.69, 9.17) is 4.98 Å². The molecule has 0 bridgehead atoms. The van der Waals surface area contributed by atoms with Gasteiger partial charge in [0, 0.05) is 18.8 Å². The van der Waals surface area contributed by atoms with Crippen LogP contribution in [-0.2, 0) is 6.54 Å². The molecule has 0 saturated carbocycles. The molecule has 0 atom stereocenters. The van der Waals surface area contributed by atoms with Crippen molar-refractivity contribution in [2.45, 2.75) is 32.7 Å². The zero-order chi connectivity index (χ0) is 16.2. The number of aryl methyl sites for hydroxylation is 1. The molecule has 2 aromatic rings. The molecule has 0 aromatic carbocycles. The van der Waals surface area contributed by atoms with E-state index in [9.17, 15) is 4.79 Å². The minimum Gasteiger partial charge on any atom is -0.320 e. The van der Waals surface area contributed by atoms with Crippen molar-refractivity contribution in [3.8, 4) is 0 Å². The van der Waals surface area contributed by atoms with Crippen LogP contribution in [0.15, 0.2) is 29.2 Å². The van der Waals surface area contributed by atoms with Crippen LogP contribution in [0.1, 0.15) is 30.5 Å². The number of hydrogen-bond donors (Lipinski definition) is 1. The number of likely N-dealkylation sites (tertiary alicyclic amines) is 1. The molecule has 2 aromatic heterocycles. The van der Waals surface area contributed by atoms with Gasteiger partial charge < -0.3 is 5.32 Å². The van der Waals surface area contributed by atoms with Crippen molar-refractivity contribution >= 4 is 18.1 Å². The van der Waals surface area contributed by atoms with Crippen LogP contribution in [0.5, 0.6) is 0 Å². The second kappa shape index (κ2) is 8.60. The molecular formula is C18H27ClN4O. The number of fused-ring (bicyclic) bond motifs is 1. The Labute approximate surface area is 149 Å². The van der Waals surface area contributed by atoms with Gasteiger partial charge in [0.05, 0.1) is 5.69 Å². The lowest BCUT2D eigenvalue weighted by molar-refractivity contribution is 0.171. The fourth-order valence-corrected chi connectivity index (χ4v) is 3.40. The zero-order valence-corrected chi connectivity index (χ0v) is 15.3. The van der Waals surface area contributed by atoms with Gasteiger partial charge in [0.25, 0.3) is 5.56 Å². The Morgan fingerprint density at radius 2 is 2.08 bits per heavy atom. The van der Waals surface area contributed by atoms with Crippen LogP contribution in [-0.4, -0.2) is 41.0 Å². The molecule has 24 heavy (non-hydrogen) atoms. The van der Waals surface area contributed by atoms with E-state index in [0.717, 1.165) is 49.0 Å². The summed E-state index contributed by atoms with van der Waals surface area (Å²) in [6.45, 7) is 6.08. The van der Waals surface area contributed by atoms with E-state index in [1.54, 1.807) is 16.7 Å². The monoisotopic (exact) mass is 350 g/mol. The summed E-state index contributed by atoms with van der Waals surface area (Å²) in [6.07, 6.45) is 5.54. The first kappa shape index (κ1) is 18.9. The quantitative estimate of drug-likeness (QED) is 0.898. The number of nitrogens with one attached hydrogen (secondary N) is 1. The number of nitrogens with zero attached hydrogens (tertiary/aromatic N) is 3. The Kier molecular flexibility index (Phi) is 6.78. The maximum Gasteiger partial charge on any atom is 0.258 e. The maximum absolute atomic E-state index is 12.3. The van der Waals surface area contributed by atoms with Crippen LogP contribution in [0.4, 0.5) is 0 Å². The van der Waals surface area contributed by atoms with E-state index in [1.165, 1.54) is 19.3 Å². The fraction of sp³-hybridized carbons (Fsp3) is 0.556. The van der Waals surface area contributed by atoms with Crippen molar-refractivity contribution in [3.05, 3.63) is 46.0 Å². The summed E-state index contributed by atoms with van der Waals surface area (Å²) in [5.74, 6) is 0.830. The van der Waals surface area contributed by atoms with Gasteiger partial charge in [-0.1, -0.05) is 6.07 Å². The van der Waals surface area contributed by atoms with Crippen molar-refractivity contribution in [3.63, 3.8) is 0 Å². The summed E-state index contributed by atoms with van der Waals surface area (Å²) in [6, 6.07) is 5.57. The predicted molar refractivity (Wildman–Crippen MR) is 100.0 cm³/mol. The van der Waals surface area contributed by atoms with Gasteiger partial charge in [-0.2, -0.15) is 0 Å². The molecule has 0 unspecified atom stereocenters. The number of piperidine rings is 1. The lowest BCUT2D eigenvalue weighted by Gasteiger charge is -2.31. The molecule has 1 aliphatic rings. The zero-order valence-electron chi connectivity index (χ0n) is 14.5. The van der Waals surface area contributed by atoms with Gasteiger partial charge in [-0.15, -0.1) is 12.4 Å². The molecule has 0 radical (unpaired) electrons. The number of rotatable bonds is 5. The van der Waals surface area contributed by atoms with Gasteiger partial charge in [-0.3, -0.25) is 14.1 Å². The summed E-state index contributed by atoms with van der Waals surface area (Å²) in [5, 5.41) is 3.23. The fourth-order valence-electron chi connectivity index (χ4n) is 3.40. The van der Waals surface area contributed by atoms with Crippen LogP contribution >= 0.6 is 12.4 Å². The third-order valence-electron chi connectivity index (χ3n) is 4.83. The summed E-state index contributed by atoms with van der Waals surface area (Å²) in [4.78, 5) is 19.4. The van der Waals surface area contributed by atoms with Crippen LogP contribution in [0.3, 0.4) is 0 Å². The Morgan fingerprint density at radius 1 is 1.33 bits per heavy atom. The third-order valence-corrected chi connectivity index (χ3v) is 4.83. The highest BCUT2D eigenvalue weighted by molar-refractivity contribution is 5.85. The first-order valence-corrected chi connectivity index (χ1v) is 8.52. The van der Waals surface area contributed by atoms with Gasteiger partial charge in [0.15, 0.2) is 0 Å². The normalized spacial score (nSPS) is 16.2. The van der Waals surface area contributed by atoms with Crippen molar-refractivity contribution in [2.24, 2.45) is 5.92 Å². The number of pyridine rings is 1.